The summed E-state index contributed by atoms with van der Waals surface area (Å²) in [6.07, 6.45) is 5.97. The first-order chi connectivity index (χ1) is 8.78. The zero-order valence-corrected chi connectivity index (χ0v) is 11.7. The molecule has 0 amide bonds. The summed E-state index contributed by atoms with van der Waals surface area (Å²) >= 11 is 1.65. The molecule has 0 bridgehead atoms. The van der Waals surface area contributed by atoms with Crippen molar-refractivity contribution in [3.8, 4) is 0 Å². The van der Waals surface area contributed by atoms with Gasteiger partial charge in [-0.15, -0.1) is 0 Å². The van der Waals surface area contributed by atoms with Gasteiger partial charge in [0.2, 0.25) is 0 Å². The van der Waals surface area contributed by atoms with Crippen LogP contribution in [-0.2, 0) is 6.42 Å². The van der Waals surface area contributed by atoms with Crippen LogP contribution in [-0.4, -0.2) is 9.97 Å². The fourth-order valence-corrected chi connectivity index (χ4v) is 2.36. The quantitative estimate of drug-likeness (QED) is 0.803. The molecule has 3 heteroatoms. The molecule has 0 aliphatic rings. The minimum absolute atomic E-state index is 0.673. The Balaban J connectivity index is 2.00. The molecule has 0 radical (unpaired) electrons. The Kier molecular flexibility index (Phi) is 4.76. The van der Waals surface area contributed by atoms with Crippen LogP contribution in [0.15, 0.2) is 52.6 Å². The predicted molar refractivity (Wildman–Crippen MR) is 75.8 cm³/mol. The van der Waals surface area contributed by atoms with E-state index in [0.29, 0.717) is 5.92 Å². The van der Waals surface area contributed by atoms with Gasteiger partial charge in [0.05, 0.1) is 11.9 Å². The van der Waals surface area contributed by atoms with Gasteiger partial charge in [-0.2, -0.15) is 0 Å². The fraction of sp³-hybridized carbons (Fsp3) is 0.333. The third kappa shape index (κ3) is 3.84. The molecule has 0 saturated carbocycles. The molecule has 1 aromatic heterocycles. The van der Waals surface area contributed by atoms with E-state index in [2.05, 4.69) is 35.9 Å². The summed E-state index contributed by atoms with van der Waals surface area (Å²) in [6, 6.07) is 10.3. The lowest BCUT2D eigenvalue weighted by Gasteiger charge is -2.07. The fourth-order valence-electron chi connectivity index (χ4n) is 1.61. The lowest BCUT2D eigenvalue weighted by molar-refractivity contribution is 0.550. The van der Waals surface area contributed by atoms with E-state index in [-0.39, 0.29) is 0 Å². The van der Waals surface area contributed by atoms with Crippen molar-refractivity contribution in [2.24, 2.45) is 5.92 Å². The van der Waals surface area contributed by atoms with Crippen molar-refractivity contribution in [2.75, 3.05) is 0 Å². The van der Waals surface area contributed by atoms with Crippen LogP contribution in [0.1, 0.15) is 26.0 Å². The van der Waals surface area contributed by atoms with Crippen LogP contribution in [0.25, 0.3) is 0 Å². The van der Waals surface area contributed by atoms with Crippen molar-refractivity contribution < 1.29 is 0 Å². The monoisotopic (exact) mass is 258 g/mol. The van der Waals surface area contributed by atoms with E-state index >= 15 is 0 Å². The topological polar surface area (TPSA) is 25.8 Å². The molecule has 2 rings (SSSR count). The molecule has 2 aromatic rings. The molecule has 1 aromatic carbocycles. The molecule has 94 valence electrons. The maximum atomic E-state index is 4.48. The molecule has 1 unspecified atom stereocenters. The normalized spacial score (nSPS) is 12.3. The number of benzene rings is 1. The lowest BCUT2D eigenvalue weighted by atomic mass is 10.0. The van der Waals surface area contributed by atoms with Gasteiger partial charge in [-0.3, -0.25) is 4.98 Å². The second-order valence-corrected chi connectivity index (χ2v) is 5.57. The summed E-state index contributed by atoms with van der Waals surface area (Å²) in [7, 11) is 0. The maximum absolute atomic E-state index is 4.48. The third-order valence-corrected chi connectivity index (χ3v) is 3.83. The molecular weight excluding hydrogens is 240 g/mol. The van der Waals surface area contributed by atoms with Gasteiger partial charge < -0.3 is 0 Å². The Bertz CT molecular complexity index is 468. The molecule has 0 N–H and O–H groups in total. The molecular formula is C15H18N2S. The van der Waals surface area contributed by atoms with Crippen molar-refractivity contribution >= 4 is 11.8 Å². The minimum Gasteiger partial charge on any atom is -0.257 e. The average Bonchev–Trinajstić information content (AvgIpc) is 2.42. The first kappa shape index (κ1) is 13.1. The largest absolute Gasteiger partial charge is 0.257 e. The van der Waals surface area contributed by atoms with Crippen LogP contribution in [0.2, 0.25) is 0 Å². The summed E-state index contributed by atoms with van der Waals surface area (Å²) in [5.41, 5.74) is 1.08. The Labute approximate surface area is 113 Å². The van der Waals surface area contributed by atoms with E-state index in [1.165, 1.54) is 11.3 Å². The Morgan fingerprint density at radius 1 is 1.11 bits per heavy atom. The number of rotatable bonds is 5. The highest BCUT2D eigenvalue weighted by atomic mass is 32.2. The number of hydrogen-bond donors (Lipinski definition) is 0. The van der Waals surface area contributed by atoms with E-state index < -0.39 is 0 Å². The van der Waals surface area contributed by atoms with Gasteiger partial charge in [-0.05, 0) is 24.5 Å². The van der Waals surface area contributed by atoms with Gasteiger partial charge in [0.25, 0.3) is 0 Å². The molecule has 2 nitrogen and oxygen atoms in total. The van der Waals surface area contributed by atoms with Gasteiger partial charge in [-0.25, -0.2) is 4.98 Å². The van der Waals surface area contributed by atoms with Crippen LogP contribution in [0.4, 0.5) is 0 Å². The molecule has 0 saturated heterocycles. The second-order valence-electron chi connectivity index (χ2n) is 4.48. The highest BCUT2D eigenvalue weighted by Crippen LogP contribution is 2.24. The van der Waals surface area contributed by atoms with Crippen molar-refractivity contribution in [1.82, 2.24) is 9.97 Å². The summed E-state index contributed by atoms with van der Waals surface area (Å²) in [5, 5.41) is 0.953. The number of hydrogen-bond acceptors (Lipinski definition) is 3. The molecule has 1 atom stereocenters. The van der Waals surface area contributed by atoms with Gasteiger partial charge in [0, 0.05) is 11.1 Å². The molecule has 0 spiro atoms. The Hall–Kier alpha value is -1.35. The smallest absolute Gasteiger partial charge is 0.119 e. The van der Waals surface area contributed by atoms with Crippen molar-refractivity contribution in [3.63, 3.8) is 0 Å². The third-order valence-electron chi connectivity index (χ3n) is 2.90. The van der Waals surface area contributed by atoms with Crippen molar-refractivity contribution in [3.05, 3.63) is 48.4 Å². The van der Waals surface area contributed by atoms with Crippen molar-refractivity contribution in [1.29, 1.82) is 0 Å². The van der Waals surface area contributed by atoms with E-state index in [1.807, 2.05) is 30.6 Å². The molecule has 18 heavy (non-hydrogen) atoms. The molecule has 1 heterocycles. The van der Waals surface area contributed by atoms with E-state index in [4.69, 9.17) is 0 Å². The average molecular weight is 258 g/mol. The van der Waals surface area contributed by atoms with Crippen LogP contribution < -0.4 is 0 Å². The van der Waals surface area contributed by atoms with Gasteiger partial charge in [-0.1, -0.05) is 50.2 Å². The lowest BCUT2D eigenvalue weighted by Crippen LogP contribution is -2.00. The Morgan fingerprint density at radius 3 is 2.50 bits per heavy atom. The van der Waals surface area contributed by atoms with E-state index in [9.17, 15) is 0 Å². The zero-order valence-electron chi connectivity index (χ0n) is 10.8. The number of nitrogens with zero attached hydrogens (tertiary/aromatic N) is 2. The molecule has 0 aliphatic heterocycles. The first-order valence-electron chi connectivity index (χ1n) is 6.31. The van der Waals surface area contributed by atoms with E-state index in [1.54, 1.807) is 11.8 Å². The van der Waals surface area contributed by atoms with Crippen LogP contribution in [0, 0.1) is 5.92 Å². The SMILES string of the molecule is CCC(C)Cc1cnc(Sc2ccccc2)cn1. The summed E-state index contributed by atoms with van der Waals surface area (Å²) in [6.45, 7) is 4.45. The van der Waals surface area contributed by atoms with Gasteiger partial charge >= 0.3 is 0 Å². The van der Waals surface area contributed by atoms with E-state index in [0.717, 1.165) is 17.1 Å². The van der Waals surface area contributed by atoms with Crippen LogP contribution >= 0.6 is 11.8 Å². The summed E-state index contributed by atoms with van der Waals surface area (Å²) in [4.78, 5) is 10.1. The second kappa shape index (κ2) is 6.55. The first-order valence-corrected chi connectivity index (χ1v) is 7.13. The van der Waals surface area contributed by atoms with Gasteiger partial charge in [0.15, 0.2) is 0 Å². The standard InChI is InChI=1S/C15H18N2S/c1-3-12(2)9-13-10-17-15(11-16-13)18-14-7-5-4-6-8-14/h4-8,10-12H,3,9H2,1-2H3. The predicted octanol–water partition coefficient (Wildman–Crippen LogP) is 4.22. The highest BCUT2D eigenvalue weighted by Gasteiger charge is 2.04. The summed E-state index contributed by atoms with van der Waals surface area (Å²) < 4.78 is 0. The highest BCUT2D eigenvalue weighted by molar-refractivity contribution is 7.99. The molecule has 0 aliphatic carbocycles. The van der Waals surface area contributed by atoms with Gasteiger partial charge in [0.1, 0.15) is 5.03 Å². The van der Waals surface area contributed by atoms with Crippen LogP contribution in [0.5, 0.6) is 0 Å². The maximum Gasteiger partial charge on any atom is 0.119 e. The zero-order chi connectivity index (χ0) is 12.8. The van der Waals surface area contributed by atoms with Crippen molar-refractivity contribution in [2.45, 2.75) is 36.6 Å². The molecule has 0 fully saturated rings. The Morgan fingerprint density at radius 2 is 1.89 bits per heavy atom. The summed E-state index contributed by atoms with van der Waals surface area (Å²) in [5.74, 6) is 0.673. The number of aromatic nitrogens is 2. The van der Waals surface area contributed by atoms with Crippen LogP contribution in [0.3, 0.4) is 0 Å². The minimum atomic E-state index is 0.673.